The van der Waals surface area contributed by atoms with E-state index >= 15 is 0 Å². The lowest BCUT2D eigenvalue weighted by Crippen LogP contribution is -2.26. The molecule has 0 saturated heterocycles. The minimum absolute atomic E-state index is 0.0899. The Kier molecular flexibility index (Phi) is 5.83. The van der Waals surface area contributed by atoms with E-state index in [2.05, 4.69) is 21.2 Å². The van der Waals surface area contributed by atoms with Crippen LogP contribution in [0.2, 0.25) is 0 Å². The molecule has 0 aliphatic heterocycles. The zero-order chi connectivity index (χ0) is 15.9. The third-order valence-electron chi connectivity index (χ3n) is 3.27. The molecule has 2 rings (SSSR count). The Balaban J connectivity index is 1.94. The summed E-state index contributed by atoms with van der Waals surface area (Å²) in [5, 5.41) is 2.91. The van der Waals surface area contributed by atoms with Crippen molar-refractivity contribution in [3.63, 3.8) is 0 Å². The average molecular weight is 364 g/mol. The van der Waals surface area contributed by atoms with Gasteiger partial charge in [0.05, 0.1) is 19.8 Å². The summed E-state index contributed by atoms with van der Waals surface area (Å²) >= 11 is 3.38. The Labute approximate surface area is 138 Å². The highest BCUT2D eigenvalue weighted by Crippen LogP contribution is 2.27. The van der Waals surface area contributed by atoms with E-state index in [-0.39, 0.29) is 5.91 Å². The fraction of sp³-hybridized carbons (Fsp3) is 0.235. The predicted octanol–water partition coefficient (Wildman–Crippen LogP) is 3.44. The SMILES string of the molecule is COc1ccc(CCNC(=O)c2ccccc2Br)cc1OC. The predicted molar refractivity (Wildman–Crippen MR) is 89.7 cm³/mol. The molecule has 0 aromatic heterocycles. The number of ether oxygens (including phenoxy) is 2. The number of carbonyl (C=O) groups is 1. The van der Waals surface area contributed by atoms with Crippen molar-refractivity contribution in [2.45, 2.75) is 6.42 Å². The van der Waals surface area contributed by atoms with Gasteiger partial charge in [0.1, 0.15) is 0 Å². The van der Waals surface area contributed by atoms with Crippen LogP contribution in [0.1, 0.15) is 15.9 Å². The summed E-state index contributed by atoms with van der Waals surface area (Å²) in [5.74, 6) is 1.30. The van der Waals surface area contributed by atoms with Crippen LogP contribution >= 0.6 is 15.9 Å². The Morgan fingerprint density at radius 3 is 2.50 bits per heavy atom. The molecule has 0 spiro atoms. The summed E-state index contributed by atoms with van der Waals surface area (Å²) < 4.78 is 11.3. The van der Waals surface area contributed by atoms with Crippen molar-refractivity contribution in [3.05, 3.63) is 58.1 Å². The Morgan fingerprint density at radius 2 is 1.82 bits per heavy atom. The van der Waals surface area contributed by atoms with Crippen LogP contribution in [0.4, 0.5) is 0 Å². The van der Waals surface area contributed by atoms with Crippen LogP contribution in [-0.2, 0) is 6.42 Å². The van der Waals surface area contributed by atoms with Gasteiger partial charge in [0.2, 0.25) is 0 Å². The Hall–Kier alpha value is -2.01. The topological polar surface area (TPSA) is 47.6 Å². The van der Waals surface area contributed by atoms with Gasteiger partial charge in [-0.2, -0.15) is 0 Å². The minimum Gasteiger partial charge on any atom is -0.493 e. The van der Waals surface area contributed by atoms with Gasteiger partial charge in [-0.3, -0.25) is 4.79 Å². The maximum absolute atomic E-state index is 12.1. The molecule has 0 bridgehead atoms. The maximum Gasteiger partial charge on any atom is 0.252 e. The summed E-state index contributed by atoms with van der Waals surface area (Å²) in [4.78, 5) is 12.1. The monoisotopic (exact) mass is 363 g/mol. The van der Waals surface area contributed by atoms with Gasteiger partial charge in [0.25, 0.3) is 5.91 Å². The molecule has 0 saturated carbocycles. The first-order valence-corrected chi connectivity index (χ1v) is 7.68. The number of halogens is 1. The summed E-state index contributed by atoms with van der Waals surface area (Å²) in [6, 6.07) is 13.1. The van der Waals surface area contributed by atoms with E-state index in [1.807, 2.05) is 36.4 Å². The van der Waals surface area contributed by atoms with E-state index in [0.717, 1.165) is 16.5 Å². The summed E-state index contributed by atoms with van der Waals surface area (Å²) in [6.45, 7) is 0.551. The number of rotatable bonds is 6. The summed E-state index contributed by atoms with van der Waals surface area (Å²) in [7, 11) is 3.21. The van der Waals surface area contributed by atoms with Crippen molar-refractivity contribution in [3.8, 4) is 11.5 Å². The van der Waals surface area contributed by atoms with Crippen LogP contribution < -0.4 is 14.8 Å². The molecule has 0 aliphatic carbocycles. The lowest BCUT2D eigenvalue weighted by Gasteiger charge is -2.10. The van der Waals surface area contributed by atoms with Crippen LogP contribution in [0.25, 0.3) is 0 Å². The summed E-state index contributed by atoms with van der Waals surface area (Å²) in [5.41, 5.74) is 1.71. The minimum atomic E-state index is -0.0899. The fourth-order valence-electron chi connectivity index (χ4n) is 2.10. The lowest BCUT2D eigenvalue weighted by atomic mass is 10.1. The molecule has 0 fully saturated rings. The lowest BCUT2D eigenvalue weighted by molar-refractivity contribution is 0.0953. The quantitative estimate of drug-likeness (QED) is 0.854. The molecule has 0 heterocycles. The molecule has 0 atom stereocenters. The first-order chi connectivity index (χ1) is 10.7. The zero-order valence-corrected chi connectivity index (χ0v) is 14.1. The molecular formula is C17H18BrNO3. The molecule has 0 unspecified atom stereocenters. The maximum atomic E-state index is 12.1. The number of hydrogen-bond acceptors (Lipinski definition) is 3. The van der Waals surface area contributed by atoms with Crippen LogP contribution in [0, 0.1) is 0 Å². The van der Waals surface area contributed by atoms with Crippen molar-refractivity contribution < 1.29 is 14.3 Å². The van der Waals surface area contributed by atoms with Gasteiger partial charge >= 0.3 is 0 Å². The highest BCUT2D eigenvalue weighted by molar-refractivity contribution is 9.10. The molecule has 0 radical (unpaired) electrons. The van der Waals surface area contributed by atoms with Crippen LogP contribution in [0.5, 0.6) is 11.5 Å². The number of nitrogens with one attached hydrogen (secondary N) is 1. The summed E-state index contributed by atoms with van der Waals surface area (Å²) in [6.07, 6.45) is 0.719. The standard InChI is InChI=1S/C17H18BrNO3/c1-21-15-8-7-12(11-16(15)22-2)9-10-19-17(20)13-5-3-4-6-14(13)18/h3-8,11H,9-10H2,1-2H3,(H,19,20). The zero-order valence-electron chi connectivity index (χ0n) is 12.6. The fourth-order valence-corrected chi connectivity index (χ4v) is 2.56. The number of amides is 1. The number of benzene rings is 2. The highest BCUT2D eigenvalue weighted by Gasteiger charge is 2.09. The van der Waals surface area contributed by atoms with Crippen molar-refractivity contribution in [1.29, 1.82) is 0 Å². The Morgan fingerprint density at radius 1 is 1.09 bits per heavy atom. The Bertz CT molecular complexity index is 658. The second-order valence-electron chi connectivity index (χ2n) is 4.68. The molecule has 2 aromatic rings. The molecule has 1 amide bonds. The smallest absolute Gasteiger partial charge is 0.252 e. The highest BCUT2D eigenvalue weighted by atomic mass is 79.9. The van der Waals surface area contributed by atoms with Gasteiger partial charge in [-0.25, -0.2) is 0 Å². The van der Waals surface area contributed by atoms with Crippen LogP contribution in [-0.4, -0.2) is 26.7 Å². The van der Waals surface area contributed by atoms with Crippen molar-refractivity contribution >= 4 is 21.8 Å². The van der Waals surface area contributed by atoms with Gasteiger partial charge in [-0.15, -0.1) is 0 Å². The molecular weight excluding hydrogens is 346 g/mol. The molecule has 5 heteroatoms. The molecule has 0 aliphatic rings. The van der Waals surface area contributed by atoms with Gasteiger partial charge in [-0.05, 0) is 52.2 Å². The average Bonchev–Trinajstić information content (AvgIpc) is 2.55. The van der Waals surface area contributed by atoms with Crippen molar-refractivity contribution in [2.75, 3.05) is 20.8 Å². The van der Waals surface area contributed by atoms with Crippen molar-refractivity contribution in [2.24, 2.45) is 0 Å². The second kappa shape index (κ2) is 7.84. The van der Waals surface area contributed by atoms with Gasteiger partial charge in [0, 0.05) is 11.0 Å². The van der Waals surface area contributed by atoms with Gasteiger partial charge < -0.3 is 14.8 Å². The molecule has 2 aromatic carbocycles. The number of carbonyl (C=O) groups excluding carboxylic acids is 1. The first-order valence-electron chi connectivity index (χ1n) is 6.89. The second-order valence-corrected chi connectivity index (χ2v) is 5.53. The largest absolute Gasteiger partial charge is 0.493 e. The van der Waals surface area contributed by atoms with Crippen LogP contribution in [0.15, 0.2) is 46.9 Å². The van der Waals surface area contributed by atoms with Gasteiger partial charge in [0.15, 0.2) is 11.5 Å². The van der Waals surface area contributed by atoms with E-state index in [9.17, 15) is 4.79 Å². The number of methoxy groups -OCH3 is 2. The third-order valence-corrected chi connectivity index (χ3v) is 3.96. The normalized spacial score (nSPS) is 10.1. The van der Waals surface area contributed by atoms with E-state index in [0.29, 0.717) is 23.6 Å². The van der Waals surface area contributed by atoms with Crippen molar-refractivity contribution in [1.82, 2.24) is 5.32 Å². The number of hydrogen-bond donors (Lipinski definition) is 1. The van der Waals surface area contributed by atoms with E-state index in [4.69, 9.17) is 9.47 Å². The van der Waals surface area contributed by atoms with E-state index in [1.54, 1.807) is 20.3 Å². The van der Waals surface area contributed by atoms with Crippen LogP contribution in [0.3, 0.4) is 0 Å². The van der Waals surface area contributed by atoms with E-state index < -0.39 is 0 Å². The third kappa shape index (κ3) is 4.01. The molecule has 116 valence electrons. The molecule has 1 N–H and O–H groups in total. The van der Waals surface area contributed by atoms with E-state index in [1.165, 1.54) is 0 Å². The molecule has 4 nitrogen and oxygen atoms in total. The van der Waals surface area contributed by atoms with Gasteiger partial charge in [-0.1, -0.05) is 18.2 Å². The molecule has 22 heavy (non-hydrogen) atoms. The first kappa shape index (κ1) is 16.4.